The van der Waals surface area contributed by atoms with Crippen LogP contribution in [-0.2, 0) is 10.0 Å². The Morgan fingerprint density at radius 2 is 2.09 bits per heavy atom. The van der Waals surface area contributed by atoms with Crippen molar-refractivity contribution in [2.75, 3.05) is 13.6 Å². The first-order valence-electron chi connectivity index (χ1n) is 6.76. The van der Waals surface area contributed by atoms with Gasteiger partial charge in [-0.1, -0.05) is 12.1 Å². The molecule has 0 aliphatic rings. The molecule has 0 radical (unpaired) electrons. The van der Waals surface area contributed by atoms with Crippen molar-refractivity contribution in [2.45, 2.75) is 24.3 Å². The number of hydrogen-bond acceptors (Lipinski definition) is 4. The van der Waals surface area contributed by atoms with E-state index in [2.05, 4.69) is 5.10 Å². The fourth-order valence-electron chi connectivity index (χ4n) is 1.88. The maximum atomic E-state index is 13.7. The number of sulfonamides is 1. The Labute approximate surface area is 128 Å². The van der Waals surface area contributed by atoms with Gasteiger partial charge in [-0.05, 0) is 25.5 Å². The summed E-state index contributed by atoms with van der Waals surface area (Å²) in [5.74, 6) is -0.489. The van der Waals surface area contributed by atoms with Crippen LogP contribution in [0.25, 0.3) is 5.69 Å². The van der Waals surface area contributed by atoms with Crippen LogP contribution in [-0.4, -0.2) is 47.3 Å². The highest BCUT2D eigenvalue weighted by Gasteiger charge is 2.23. The second kappa shape index (κ2) is 6.55. The van der Waals surface area contributed by atoms with Crippen LogP contribution in [0, 0.1) is 5.82 Å². The molecule has 0 saturated heterocycles. The lowest BCUT2D eigenvalue weighted by atomic mass is 10.3. The molecule has 120 valence electrons. The summed E-state index contributed by atoms with van der Waals surface area (Å²) in [6.45, 7) is 1.78. The number of nitrogens with zero attached hydrogens (tertiary/aromatic N) is 3. The molecule has 2 aromatic rings. The van der Waals surface area contributed by atoms with E-state index in [0.717, 1.165) is 4.31 Å². The number of hydrogen-bond donors (Lipinski definition) is 1. The van der Waals surface area contributed by atoms with Crippen molar-refractivity contribution in [1.82, 2.24) is 14.1 Å². The van der Waals surface area contributed by atoms with Gasteiger partial charge >= 0.3 is 0 Å². The number of aliphatic hydroxyl groups excluding tert-OH is 1. The smallest absolute Gasteiger partial charge is 0.245 e. The largest absolute Gasteiger partial charge is 0.393 e. The van der Waals surface area contributed by atoms with Gasteiger partial charge in [-0.2, -0.15) is 5.10 Å². The van der Waals surface area contributed by atoms with E-state index in [0.29, 0.717) is 6.42 Å². The van der Waals surface area contributed by atoms with Crippen molar-refractivity contribution < 1.29 is 17.9 Å². The monoisotopic (exact) mass is 327 g/mol. The van der Waals surface area contributed by atoms with Crippen LogP contribution in [0.15, 0.2) is 41.6 Å². The maximum Gasteiger partial charge on any atom is 0.245 e. The number of aromatic nitrogens is 2. The molecule has 6 nitrogen and oxygen atoms in total. The summed E-state index contributed by atoms with van der Waals surface area (Å²) in [5.41, 5.74) is 0.176. The maximum absolute atomic E-state index is 13.7. The molecule has 1 heterocycles. The van der Waals surface area contributed by atoms with Crippen LogP contribution in [0.2, 0.25) is 0 Å². The highest BCUT2D eigenvalue weighted by molar-refractivity contribution is 7.89. The van der Waals surface area contributed by atoms with Crippen molar-refractivity contribution in [3.8, 4) is 5.69 Å². The minimum Gasteiger partial charge on any atom is -0.393 e. The van der Waals surface area contributed by atoms with Gasteiger partial charge in [-0.25, -0.2) is 21.8 Å². The van der Waals surface area contributed by atoms with Gasteiger partial charge in [0.1, 0.15) is 16.4 Å². The SMILES string of the molecule is CC(O)CCN(C)S(=O)(=O)c1cnn(-c2ccccc2F)c1. The Hall–Kier alpha value is -1.77. The summed E-state index contributed by atoms with van der Waals surface area (Å²) in [7, 11) is -2.29. The van der Waals surface area contributed by atoms with Gasteiger partial charge in [-0.3, -0.25) is 0 Å². The van der Waals surface area contributed by atoms with Crippen molar-refractivity contribution in [3.63, 3.8) is 0 Å². The predicted octanol–water partition coefficient (Wildman–Crippen LogP) is 1.40. The lowest BCUT2D eigenvalue weighted by molar-refractivity contribution is 0.177. The fourth-order valence-corrected chi connectivity index (χ4v) is 3.00. The molecule has 1 N–H and O–H groups in total. The highest BCUT2D eigenvalue weighted by Crippen LogP contribution is 2.18. The molecular formula is C14H18FN3O3S. The third kappa shape index (κ3) is 3.52. The number of para-hydroxylation sites is 1. The van der Waals surface area contributed by atoms with Crippen molar-refractivity contribution in [2.24, 2.45) is 0 Å². The minimum absolute atomic E-state index is 0.0242. The molecule has 0 spiro atoms. The third-order valence-corrected chi connectivity index (χ3v) is 5.04. The molecule has 0 aliphatic carbocycles. The van der Waals surface area contributed by atoms with E-state index in [1.54, 1.807) is 19.1 Å². The number of halogens is 1. The normalized spacial score (nSPS) is 13.5. The van der Waals surface area contributed by atoms with Crippen LogP contribution in [0.1, 0.15) is 13.3 Å². The van der Waals surface area contributed by atoms with Crippen LogP contribution in [0.4, 0.5) is 4.39 Å². The van der Waals surface area contributed by atoms with Gasteiger partial charge in [0.05, 0.1) is 18.5 Å². The van der Waals surface area contributed by atoms with Crippen molar-refractivity contribution in [3.05, 3.63) is 42.5 Å². The first-order valence-corrected chi connectivity index (χ1v) is 8.20. The minimum atomic E-state index is -3.72. The summed E-state index contributed by atoms with van der Waals surface area (Å²) in [4.78, 5) is -0.0242. The first kappa shape index (κ1) is 16.6. The average Bonchev–Trinajstić information content (AvgIpc) is 2.95. The molecule has 8 heteroatoms. The van der Waals surface area contributed by atoms with E-state index in [1.165, 1.54) is 36.3 Å². The topological polar surface area (TPSA) is 75.4 Å². The molecule has 1 unspecified atom stereocenters. The summed E-state index contributed by atoms with van der Waals surface area (Å²) >= 11 is 0. The quantitative estimate of drug-likeness (QED) is 0.870. The Balaban J connectivity index is 2.25. The molecule has 1 atom stereocenters. The van der Waals surface area contributed by atoms with E-state index in [-0.39, 0.29) is 17.1 Å². The van der Waals surface area contributed by atoms with Gasteiger partial charge in [-0.15, -0.1) is 0 Å². The standard InChI is InChI=1S/C14H18FN3O3S/c1-11(19)7-8-17(2)22(20,21)12-9-16-18(10-12)14-6-4-3-5-13(14)15/h3-6,9-11,19H,7-8H2,1-2H3. The van der Waals surface area contributed by atoms with Crippen LogP contribution < -0.4 is 0 Å². The third-order valence-electron chi connectivity index (χ3n) is 3.23. The van der Waals surface area contributed by atoms with E-state index < -0.39 is 21.9 Å². The van der Waals surface area contributed by atoms with Gasteiger partial charge in [0.2, 0.25) is 10.0 Å². The Morgan fingerprint density at radius 1 is 1.41 bits per heavy atom. The van der Waals surface area contributed by atoms with E-state index in [4.69, 9.17) is 0 Å². The van der Waals surface area contributed by atoms with Gasteiger partial charge in [0, 0.05) is 13.6 Å². The molecule has 0 fully saturated rings. The molecular weight excluding hydrogens is 309 g/mol. The van der Waals surface area contributed by atoms with Crippen LogP contribution in [0.5, 0.6) is 0 Å². The molecule has 22 heavy (non-hydrogen) atoms. The molecule has 1 aromatic carbocycles. The zero-order chi connectivity index (χ0) is 16.3. The van der Waals surface area contributed by atoms with E-state index in [9.17, 15) is 17.9 Å². The summed E-state index contributed by atoms with van der Waals surface area (Å²) in [6.07, 6.45) is 2.20. The molecule has 1 aromatic heterocycles. The molecule has 0 saturated carbocycles. The van der Waals surface area contributed by atoms with Gasteiger partial charge in [0.15, 0.2) is 0 Å². The predicted molar refractivity (Wildman–Crippen MR) is 79.6 cm³/mol. The molecule has 0 bridgehead atoms. The molecule has 0 amide bonds. The number of aliphatic hydroxyl groups is 1. The zero-order valence-corrected chi connectivity index (χ0v) is 13.2. The Kier molecular flexibility index (Phi) is 4.94. The molecule has 2 rings (SSSR count). The summed E-state index contributed by atoms with van der Waals surface area (Å²) < 4.78 is 40.8. The average molecular weight is 327 g/mol. The van der Waals surface area contributed by atoms with Crippen molar-refractivity contribution in [1.29, 1.82) is 0 Å². The second-order valence-corrected chi connectivity index (χ2v) is 7.08. The van der Waals surface area contributed by atoms with Gasteiger partial charge < -0.3 is 5.11 Å². The Morgan fingerprint density at radius 3 is 2.73 bits per heavy atom. The van der Waals surface area contributed by atoms with Crippen molar-refractivity contribution >= 4 is 10.0 Å². The summed E-state index contributed by atoms with van der Waals surface area (Å²) in [6, 6.07) is 5.97. The highest BCUT2D eigenvalue weighted by atomic mass is 32.2. The fraction of sp³-hybridized carbons (Fsp3) is 0.357. The van der Waals surface area contributed by atoms with E-state index >= 15 is 0 Å². The summed E-state index contributed by atoms with van der Waals surface area (Å²) in [5, 5.41) is 13.2. The first-order chi connectivity index (χ1) is 10.3. The lowest BCUT2D eigenvalue weighted by Crippen LogP contribution is -2.29. The zero-order valence-electron chi connectivity index (χ0n) is 12.3. The number of benzene rings is 1. The van der Waals surface area contributed by atoms with E-state index in [1.807, 2.05) is 0 Å². The molecule has 0 aliphatic heterocycles. The van der Waals surface area contributed by atoms with Crippen LogP contribution >= 0.6 is 0 Å². The second-order valence-electron chi connectivity index (χ2n) is 5.04. The van der Waals surface area contributed by atoms with Crippen LogP contribution in [0.3, 0.4) is 0 Å². The number of rotatable bonds is 6. The Bertz CT molecular complexity index is 743. The lowest BCUT2D eigenvalue weighted by Gasteiger charge is -2.16. The van der Waals surface area contributed by atoms with Gasteiger partial charge in [0.25, 0.3) is 0 Å².